The maximum Gasteiger partial charge on any atom is 0.0438 e. The third-order valence-electron chi connectivity index (χ3n) is 3.22. The Kier molecular flexibility index (Phi) is 4.94. The van der Waals surface area contributed by atoms with Gasteiger partial charge < -0.3 is 4.90 Å². The molecular formula is C16H19ClN2. The average Bonchev–Trinajstić information content (AvgIpc) is 2.42. The van der Waals surface area contributed by atoms with Crippen molar-refractivity contribution < 1.29 is 0 Å². The number of aromatic nitrogens is 1. The van der Waals surface area contributed by atoms with Crippen LogP contribution in [-0.4, -0.2) is 23.5 Å². The molecule has 2 rings (SSSR count). The van der Waals surface area contributed by atoms with Crippen LogP contribution >= 0.6 is 11.6 Å². The number of halogens is 1. The van der Waals surface area contributed by atoms with E-state index in [1.54, 1.807) is 0 Å². The van der Waals surface area contributed by atoms with Gasteiger partial charge in [-0.2, -0.15) is 0 Å². The first kappa shape index (κ1) is 14.0. The Balaban J connectivity index is 1.87. The molecule has 0 fully saturated rings. The van der Waals surface area contributed by atoms with Crippen LogP contribution in [0.25, 0.3) is 0 Å². The van der Waals surface area contributed by atoms with E-state index in [1.165, 1.54) is 11.1 Å². The second-order valence-electron chi connectivity index (χ2n) is 4.93. The van der Waals surface area contributed by atoms with Gasteiger partial charge in [0.25, 0.3) is 0 Å². The van der Waals surface area contributed by atoms with Gasteiger partial charge in [0.1, 0.15) is 0 Å². The second-order valence-corrected chi connectivity index (χ2v) is 5.33. The summed E-state index contributed by atoms with van der Waals surface area (Å²) in [4.78, 5) is 6.34. The number of rotatable bonds is 5. The van der Waals surface area contributed by atoms with Crippen LogP contribution in [0.3, 0.4) is 0 Å². The Morgan fingerprint density at radius 2 is 1.84 bits per heavy atom. The second kappa shape index (κ2) is 6.69. The predicted octanol–water partition coefficient (Wildman–Crippen LogP) is 3.72. The Bertz CT molecular complexity index is 526. The van der Waals surface area contributed by atoms with Crippen molar-refractivity contribution in [2.75, 3.05) is 13.6 Å². The van der Waals surface area contributed by atoms with E-state index in [0.29, 0.717) is 0 Å². The van der Waals surface area contributed by atoms with Crippen molar-refractivity contribution in [3.05, 3.63) is 64.4 Å². The summed E-state index contributed by atoms with van der Waals surface area (Å²) in [6.45, 7) is 3.97. The smallest absolute Gasteiger partial charge is 0.0438 e. The average molecular weight is 275 g/mol. The van der Waals surface area contributed by atoms with Crippen LogP contribution in [0, 0.1) is 6.92 Å². The number of hydrogen-bond acceptors (Lipinski definition) is 2. The lowest BCUT2D eigenvalue weighted by Crippen LogP contribution is -2.20. The molecule has 0 aliphatic heterocycles. The molecule has 0 saturated heterocycles. The zero-order chi connectivity index (χ0) is 13.7. The molecule has 2 aromatic rings. The monoisotopic (exact) mass is 274 g/mol. The van der Waals surface area contributed by atoms with E-state index >= 15 is 0 Å². The highest BCUT2D eigenvalue weighted by Gasteiger charge is 2.03. The van der Waals surface area contributed by atoms with Crippen molar-refractivity contribution >= 4 is 11.6 Å². The summed E-state index contributed by atoms with van der Waals surface area (Å²) < 4.78 is 0. The highest BCUT2D eigenvalue weighted by atomic mass is 35.5. The number of likely N-dealkylation sites (N-methyl/N-ethyl adjacent to an activating group) is 1. The molecule has 0 aliphatic rings. The largest absolute Gasteiger partial charge is 0.302 e. The Morgan fingerprint density at radius 1 is 1.11 bits per heavy atom. The zero-order valence-electron chi connectivity index (χ0n) is 11.4. The maximum atomic E-state index is 6.14. The van der Waals surface area contributed by atoms with Crippen molar-refractivity contribution in [3.63, 3.8) is 0 Å². The number of pyridine rings is 1. The van der Waals surface area contributed by atoms with Gasteiger partial charge in [0.2, 0.25) is 0 Å². The first-order valence-corrected chi connectivity index (χ1v) is 6.85. The third-order valence-corrected chi connectivity index (χ3v) is 3.63. The highest BCUT2D eigenvalue weighted by Crippen LogP contribution is 2.17. The van der Waals surface area contributed by atoms with Crippen LogP contribution in [-0.2, 0) is 13.0 Å². The van der Waals surface area contributed by atoms with Gasteiger partial charge in [-0.25, -0.2) is 0 Å². The summed E-state index contributed by atoms with van der Waals surface area (Å²) in [5.41, 5.74) is 3.71. The fourth-order valence-electron chi connectivity index (χ4n) is 1.99. The van der Waals surface area contributed by atoms with Crippen molar-refractivity contribution in [2.24, 2.45) is 0 Å². The molecule has 1 heterocycles. The van der Waals surface area contributed by atoms with E-state index in [0.717, 1.165) is 30.1 Å². The molecule has 1 aromatic carbocycles. The van der Waals surface area contributed by atoms with Crippen LogP contribution < -0.4 is 0 Å². The van der Waals surface area contributed by atoms with E-state index in [2.05, 4.69) is 47.3 Å². The summed E-state index contributed by atoms with van der Waals surface area (Å²) in [5.74, 6) is 0. The van der Waals surface area contributed by atoms with Crippen LogP contribution in [0.5, 0.6) is 0 Å². The van der Waals surface area contributed by atoms with E-state index in [9.17, 15) is 0 Å². The first-order valence-electron chi connectivity index (χ1n) is 6.47. The van der Waals surface area contributed by atoms with Gasteiger partial charge in [-0.3, -0.25) is 4.98 Å². The van der Waals surface area contributed by atoms with Crippen LogP contribution in [0.15, 0.2) is 42.7 Å². The number of aryl methyl sites for hydroxylation is 1. The van der Waals surface area contributed by atoms with Crippen molar-refractivity contribution in [1.82, 2.24) is 9.88 Å². The molecular weight excluding hydrogens is 256 g/mol. The van der Waals surface area contributed by atoms with Crippen LogP contribution in [0.1, 0.15) is 16.7 Å². The normalized spacial score (nSPS) is 10.9. The number of benzene rings is 1. The molecule has 0 spiro atoms. The Labute approximate surface area is 120 Å². The van der Waals surface area contributed by atoms with E-state index in [-0.39, 0.29) is 0 Å². The van der Waals surface area contributed by atoms with Gasteiger partial charge in [0, 0.05) is 30.5 Å². The molecule has 3 heteroatoms. The van der Waals surface area contributed by atoms with Gasteiger partial charge in [0.05, 0.1) is 0 Å². The molecule has 0 N–H and O–H groups in total. The number of hydrogen-bond donors (Lipinski definition) is 0. The van der Waals surface area contributed by atoms with Crippen molar-refractivity contribution in [3.8, 4) is 0 Å². The summed E-state index contributed by atoms with van der Waals surface area (Å²) >= 11 is 6.14. The molecule has 0 unspecified atom stereocenters. The van der Waals surface area contributed by atoms with Gasteiger partial charge in [-0.1, -0.05) is 23.7 Å². The quantitative estimate of drug-likeness (QED) is 0.826. The fraction of sp³-hybridized carbons (Fsp3) is 0.312. The molecule has 19 heavy (non-hydrogen) atoms. The summed E-state index contributed by atoms with van der Waals surface area (Å²) in [6.07, 6.45) is 4.72. The van der Waals surface area contributed by atoms with Crippen molar-refractivity contribution in [1.29, 1.82) is 0 Å². The molecule has 0 atom stereocenters. The minimum Gasteiger partial charge on any atom is -0.302 e. The van der Waals surface area contributed by atoms with Crippen LogP contribution in [0.4, 0.5) is 0 Å². The fourth-order valence-corrected chi connectivity index (χ4v) is 2.20. The molecule has 0 aliphatic carbocycles. The summed E-state index contributed by atoms with van der Waals surface area (Å²) in [6, 6.07) is 10.4. The standard InChI is InChI=1S/C16H19ClN2/c1-13-3-4-15(11-16(13)17)12-19(2)10-7-14-5-8-18-9-6-14/h3-6,8-9,11H,7,10,12H2,1-2H3. The minimum absolute atomic E-state index is 0.847. The highest BCUT2D eigenvalue weighted by molar-refractivity contribution is 6.31. The topological polar surface area (TPSA) is 16.1 Å². The number of nitrogens with zero attached hydrogens (tertiary/aromatic N) is 2. The molecule has 100 valence electrons. The minimum atomic E-state index is 0.847. The Hall–Kier alpha value is -1.38. The SMILES string of the molecule is Cc1ccc(CN(C)CCc2ccncc2)cc1Cl. The molecule has 0 bridgehead atoms. The zero-order valence-corrected chi connectivity index (χ0v) is 12.2. The van der Waals surface area contributed by atoms with E-state index < -0.39 is 0 Å². The first-order chi connectivity index (χ1) is 9.15. The Morgan fingerprint density at radius 3 is 2.53 bits per heavy atom. The molecule has 1 aromatic heterocycles. The summed E-state index contributed by atoms with van der Waals surface area (Å²) in [5, 5.41) is 0.847. The molecule has 0 saturated carbocycles. The molecule has 2 nitrogen and oxygen atoms in total. The molecule has 0 amide bonds. The van der Waals surface area contributed by atoms with Crippen LogP contribution in [0.2, 0.25) is 5.02 Å². The third kappa shape index (κ3) is 4.34. The summed E-state index contributed by atoms with van der Waals surface area (Å²) in [7, 11) is 2.13. The van der Waals surface area contributed by atoms with Gasteiger partial charge in [-0.15, -0.1) is 0 Å². The van der Waals surface area contributed by atoms with Gasteiger partial charge in [0.15, 0.2) is 0 Å². The van der Waals surface area contributed by atoms with Crippen molar-refractivity contribution in [2.45, 2.75) is 19.9 Å². The maximum absolute atomic E-state index is 6.14. The van der Waals surface area contributed by atoms with Gasteiger partial charge in [-0.05, 0) is 55.3 Å². The van der Waals surface area contributed by atoms with E-state index in [4.69, 9.17) is 11.6 Å². The van der Waals surface area contributed by atoms with E-state index in [1.807, 2.05) is 19.3 Å². The lowest BCUT2D eigenvalue weighted by molar-refractivity contribution is 0.331. The lowest BCUT2D eigenvalue weighted by atomic mass is 10.1. The van der Waals surface area contributed by atoms with Gasteiger partial charge >= 0.3 is 0 Å². The lowest BCUT2D eigenvalue weighted by Gasteiger charge is -2.17. The predicted molar refractivity (Wildman–Crippen MR) is 80.5 cm³/mol. The molecule has 0 radical (unpaired) electrons.